The van der Waals surface area contributed by atoms with Crippen molar-refractivity contribution in [3.8, 4) is 11.3 Å². The van der Waals surface area contributed by atoms with Crippen LogP contribution < -0.4 is 10.9 Å². The van der Waals surface area contributed by atoms with Crippen LogP contribution in [0, 0.1) is 0 Å². The van der Waals surface area contributed by atoms with Crippen molar-refractivity contribution >= 4 is 45.0 Å². The Morgan fingerprint density at radius 2 is 1.93 bits per heavy atom. The summed E-state index contributed by atoms with van der Waals surface area (Å²) < 4.78 is 1.39. The average Bonchev–Trinajstić information content (AvgIpc) is 3.13. The van der Waals surface area contributed by atoms with Crippen molar-refractivity contribution in [2.45, 2.75) is 6.54 Å². The standard InChI is InChI=1S/C19H13ClN4O2S/c20-13-7-5-12(6-8-13)15-11-27-19(22-15)23-17(25)10-24-16-4-2-1-3-14(16)21-9-18(24)26/h1-9,11H,10H2,(H,22,23,25). The minimum absolute atomic E-state index is 0.113. The normalized spacial score (nSPS) is 10.9. The van der Waals surface area contributed by atoms with E-state index in [-0.39, 0.29) is 18.0 Å². The molecule has 0 saturated heterocycles. The number of hydrogen-bond acceptors (Lipinski definition) is 5. The molecule has 1 N–H and O–H groups in total. The van der Waals surface area contributed by atoms with Crippen LogP contribution >= 0.6 is 22.9 Å². The van der Waals surface area contributed by atoms with Gasteiger partial charge in [-0.3, -0.25) is 14.2 Å². The third kappa shape index (κ3) is 3.74. The fourth-order valence-electron chi connectivity index (χ4n) is 2.66. The van der Waals surface area contributed by atoms with E-state index in [1.165, 1.54) is 22.1 Å². The number of halogens is 1. The van der Waals surface area contributed by atoms with Crippen LogP contribution in [-0.4, -0.2) is 20.4 Å². The van der Waals surface area contributed by atoms with Crippen molar-refractivity contribution in [3.63, 3.8) is 0 Å². The van der Waals surface area contributed by atoms with Crippen molar-refractivity contribution in [1.29, 1.82) is 0 Å². The molecule has 2 aromatic carbocycles. The third-order valence-electron chi connectivity index (χ3n) is 3.94. The molecule has 0 bridgehead atoms. The first-order valence-electron chi connectivity index (χ1n) is 8.06. The molecule has 0 spiro atoms. The predicted molar refractivity (Wildman–Crippen MR) is 107 cm³/mol. The van der Waals surface area contributed by atoms with Crippen molar-refractivity contribution < 1.29 is 4.79 Å². The number of carbonyl (C=O) groups is 1. The predicted octanol–water partition coefficient (Wildman–Crippen LogP) is 3.81. The highest BCUT2D eigenvalue weighted by molar-refractivity contribution is 7.14. The van der Waals surface area contributed by atoms with E-state index in [1.807, 2.05) is 23.6 Å². The van der Waals surface area contributed by atoms with Crippen LogP contribution in [0.25, 0.3) is 22.3 Å². The Bertz CT molecular complexity index is 1180. The van der Waals surface area contributed by atoms with Crippen molar-refractivity contribution in [2.24, 2.45) is 0 Å². The quantitative estimate of drug-likeness (QED) is 0.569. The van der Waals surface area contributed by atoms with Gasteiger partial charge in [0.25, 0.3) is 5.56 Å². The maximum absolute atomic E-state index is 12.4. The van der Waals surface area contributed by atoms with Crippen LogP contribution in [0.3, 0.4) is 0 Å². The van der Waals surface area contributed by atoms with Gasteiger partial charge in [0, 0.05) is 16.0 Å². The van der Waals surface area contributed by atoms with Gasteiger partial charge in [-0.15, -0.1) is 11.3 Å². The number of aromatic nitrogens is 3. The number of thiazole rings is 1. The Balaban J connectivity index is 1.53. The van der Waals surface area contributed by atoms with E-state index in [1.54, 1.807) is 30.3 Å². The van der Waals surface area contributed by atoms with Crippen LogP contribution in [0.2, 0.25) is 5.02 Å². The molecule has 0 fully saturated rings. The Morgan fingerprint density at radius 1 is 1.15 bits per heavy atom. The molecule has 0 unspecified atom stereocenters. The van der Waals surface area contributed by atoms with E-state index in [2.05, 4.69) is 15.3 Å². The number of fused-ring (bicyclic) bond motifs is 1. The van der Waals surface area contributed by atoms with Crippen LogP contribution in [0.4, 0.5) is 5.13 Å². The molecule has 27 heavy (non-hydrogen) atoms. The average molecular weight is 397 g/mol. The number of benzene rings is 2. The Kier molecular flexibility index (Phi) is 4.70. The van der Waals surface area contributed by atoms with Gasteiger partial charge in [-0.25, -0.2) is 9.97 Å². The monoisotopic (exact) mass is 396 g/mol. The summed E-state index contributed by atoms with van der Waals surface area (Å²) >= 11 is 7.22. The van der Waals surface area contributed by atoms with E-state index in [0.717, 1.165) is 11.3 Å². The van der Waals surface area contributed by atoms with Gasteiger partial charge in [-0.2, -0.15) is 0 Å². The zero-order chi connectivity index (χ0) is 18.8. The first-order chi connectivity index (χ1) is 13.1. The summed E-state index contributed by atoms with van der Waals surface area (Å²) in [4.78, 5) is 33.1. The summed E-state index contributed by atoms with van der Waals surface area (Å²) in [5.41, 5.74) is 2.60. The van der Waals surface area contributed by atoms with Crippen LogP contribution in [0.15, 0.2) is 64.9 Å². The van der Waals surface area contributed by atoms with Gasteiger partial charge >= 0.3 is 0 Å². The van der Waals surface area contributed by atoms with Gasteiger partial charge in [-0.05, 0) is 24.3 Å². The fraction of sp³-hybridized carbons (Fsp3) is 0.0526. The summed E-state index contributed by atoms with van der Waals surface area (Å²) in [5, 5.41) is 5.72. The molecule has 0 saturated carbocycles. The van der Waals surface area contributed by atoms with Crippen molar-refractivity contribution in [3.05, 3.63) is 75.5 Å². The minimum Gasteiger partial charge on any atom is -0.300 e. The number of hydrogen-bond donors (Lipinski definition) is 1. The Morgan fingerprint density at radius 3 is 2.74 bits per heavy atom. The number of nitrogens with one attached hydrogen (secondary N) is 1. The molecule has 4 aromatic rings. The van der Waals surface area contributed by atoms with E-state index < -0.39 is 0 Å². The fourth-order valence-corrected chi connectivity index (χ4v) is 3.53. The number of para-hydroxylation sites is 2. The van der Waals surface area contributed by atoms with Gasteiger partial charge < -0.3 is 5.32 Å². The Labute approximate surface area is 163 Å². The lowest BCUT2D eigenvalue weighted by Gasteiger charge is -2.08. The minimum atomic E-state index is -0.329. The molecular weight excluding hydrogens is 384 g/mol. The number of carbonyl (C=O) groups excluding carboxylic acids is 1. The molecular formula is C19H13ClN4O2S. The molecule has 6 nitrogen and oxygen atoms in total. The van der Waals surface area contributed by atoms with Gasteiger partial charge in [0.05, 0.1) is 22.9 Å². The van der Waals surface area contributed by atoms with Crippen LogP contribution in [-0.2, 0) is 11.3 Å². The summed E-state index contributed by atoms with van der Waals surface area (Å²) in [6.07, 6.45) is 1.22. The number of nitrogens with zero attached hydrogens (tertiary/aromatic N) is 3. The molecule has 0 aliphatic rings. The number of anilines is 1. The molecule has 0 aliphatic carbocycles. The molecule has 1 amide bonds. The summed E-state index contributed by atoms with van der Waals surface area (Å²) in [7, 11) is 0. The second-order valence-electron chi connectivity index (χ2n) is 5.76. The highest BCUT2D eigenvalue weighted by atomic mass is 35.5. The molecule has 0 atom stereocenters. The molecule has 2 heterocycles. The largest absolute Gasteiger partial charge is 0.300 e. The van der Waals surface area contributed by atoms with Gasteiger partial charge in [0.15, 0.2) is 5.13 Å². The van der Waals surface area contributed by atoms with E-state index in [4.69, 9.17) is 11.6 Å². The molecule has 2 aromatic heterocycles. The lowest BCUT2D eigenvalue weighted by molar-refractivity contribution is -0.116. The molecule has 0 radical (unpaired) electrons. The highest BCUT2D eigenvalue weighted by Crippen LogP contribution is 2.26. The van der Waals surface area contributed by atoms with Gasteiger partial charge in [-0.1, -0.05) is 35.9 Å². The zero-order valence-corrected chi connectivity index (χ0v) is 15.5. The van der Waals surface area contributed by atoms with E-state index >= 15 is 0 Å². The van der Waals surface area contributed by atoms with Gasteiger partial charge in [0.1, 0.15) is 6.54 Å². The number of rotatable bonds is 4. The second-order valence-corrected chi connectivity index (χ2v) is 7.06. The maximum atomic E-state index is 12.4. The van der Waals surface area contributed by atoms with Crippen LogP contribution in [0.5, 0.6) is 0 Å². The first kappa shape index (κ1) is 17.4. The number of amides is 1. The maximum Gasteiger partial charge on any atom is 0.269 e. The summed E-state index contributed by atoms with van der Waals surface area (Å²) in [5.74, 6) is -0.328. The SMILES string of the molecule is O=C(Cn1c(=O)cnc2ccccc21)Nc1nc(-c2ccc(Cl)cc2)cs1. The van der Waals surface area contributed by atoms with E-state index in [9.17, 15) is 9.59 Å². The van der Waals surface area contributed by atoms with E-state index in [0.29, 0.717) is 21.2 Å². The lowest BCUT2D eigenvalue weighted by atomic mass is 10.2. The molecule has 8 heteroatoms. The highest BCUT2D eigenvalue weighted by Gasteiger charge is 2.11. The van der Waals surface area contributed by atoms with Crippen molar-refractivity contribution in [2.75, 3.05) is 5.32 Å². The molecule has 0 aliphatic heterocycles. The summed E-state index contributed by atoms with van der Waals surface area (Å²) in [6.45, 7) is -0.113. The van der Waals surface area contributed by atoms with Crippen molar-refractivity contribution in [1.82, 2.24) is 14.5 Å². The zero-order valence-electron chi connectivity index (χ0n) is 13.9. The third-order valence-corrected chi connectivity index (χ3v) is 4.95. The first-order valence-corrected chi connectivity index (χ1v) is 9.32. The Hall–Kier alpha value is -3.03. The molecule has 4 rings (SSSR count). The smallest absolute Gasteiger partial charge is 0.269 e. The molecule has 134 valence electrons. The summed E-state index contributed by atoms with van der Waals surface area (Å²) in [6, 6.07) is 14.5. The van der Waals surface area contributed by atoms with Gasteiger partial charge in [0.2, 0.25) is 5.91 Å². The second kappa shape index (κ2) is 7.30. The van der Waals surface area contributed by atoms with Crippen LogP contribution in [0.1, 0.15) is 0 Å². The lowest BCUT2D eigenvalue weighted by Crippen LogP contribution is -2.27. The topological polar surface area (TPSA) is 76.9 Å².